The maximum Gasteiger partial charge on any atom is 0.110 e. The first kappa shape index (κ1) is 7.94. The lowest BCUT2D eigenvalue weighted by Crippen LogP contribution is -2.35. The van der Waals surface area contributed by atoms with Crippen molar-refractivity contribution in [2.75, 3.05) is 6.54 Å². The van der Waals surface area contributed by atoms with E-state index in [0.717, 1.165) is 0 Å². The molecule has 10 heavy (non-hydrogen) atoms. The highest BCUT2D eigenvalue weighted by molar-refractivity contribution is 4.88. The lowest BCUT2D eigenvalue weighted by Gasteiger charge is -2.10. The Hall–Kier alpha value is -0.160. The van der Waals surface area contributed by atoms with E-state index < -0.39 is 18.3 Å². The van der Waals surface area contributed by atoms with Crippen molar-refractivity contribution < 1.29 is 14.9 Å². The second kappa shape index (κ2) is 2.84. The Bertz CT molecular complexity index is 120. The molecule has 4 heteroatoms. The van der Waals surface area contributed by atoms with E-state index in [4.69, 9.17) is 15.6 Å². The number of aliphatic hydroxyl groups excluding tert-OH is 2. The summed E-state index contributed by atoms with van der Waals surface area (Å²) < 4.78 is 5.11. The standard InChI is InChI=1S/C6H13NO3/c1-3-5(8)6(9)4(2-7)10-3/h3-6,8-9H,2,7H2,1H3/t3-,4-,5+,6+/m0/s1. The van der Waals surface area contributed by atoms with Gasteiger partial charge in [0, 0.05) is 6.54 Å². The van der Waals surface area contributed by atoms with Gasteiger partial charge in [-0.05, 0) is 6.92 Å². The van der Waals surface area contributed by atoms with Crippen molar-refractivity contribution in [3.63, 3.8) is 0 Å². The van der Waals surface area contributed by atoms with Crippen LogP contribution in [0.2, 0.25) is 0 Å². The molecule has 1 rings (SSSR count). The van der Waals surface area contributed by atoms with Crippen molar-refractivity contribution in [2.24, 2.45) is 5.73 Å². The van der Waals surface area contributed by atoms with Gasteiger partial charge in [0.25, 0.3) is 0 Å². The van der Waals surface area contributed by atoms with Crippen LogP contribution in [0.25, 0.3) is 0 Å². The third-order valence-corrected chi connectivity index (χ3v) is 1.83. The van der Waals surface area contributed by atoms with E-state index in [1.165, 1.54) is 0 Å². The number of aliphatic hydroxyl groups is 2. The maximum absolute atomic E-state index is 9.17. The SMILES string of the molecule is C[C@@H]1O[C@@H](CN)[C@@H](O)[C@@H]1O. The van der Waals surface area contributed by atoms with E-state index in [0.29, 0.717) is 0 Å². The van der Waals surface area contributed by atoms with Crippen LogP contribution in [0.4, 0.5) is 0 Å². The molecular weight excluding hydrogens is 134 g/mol. The van der Waals surface area contributed by atoms with Gasteiger partial charge in [-0.3, -0.25) is 0 Å². The Kier molecular flexibility index (Phi) is 2.25. The highest BCUT2D eigenvalue weighted by Crippen LogP contribution is 2.19. The number of hydrogen-bond donors (Lipinski definition) is 3. The summed E-state index contributed by atoms with van der Waals surface area (Å²) in [6.45, 7) is 1.96. The molecule has 0 unspecified atom stereocenters. The molecule has 0 spiro atoms. The van der Waals surface area contributed by atoms with Gasteiger partial charge in [-0.25, -0.2) is 0 Å². The van der Waals surface area contributed by atoms with Crippen LogP contribution >= 0.6 is 0 Å². The zero-order valence-electron chi connectivity index (χ0n) is 5.90. The van der Waals surface area contributed by atoms with Crippen molar-refractivity contribution in [1.82, 2.24) is 0 Å². The minimum absolute atomic E-state index is 0.253. The van der Waals surface area contributed by atoms with Gasteiger partial charge in [-0.2, -0.15) is 0 Å². The molecule has 4 nitrogen and oxygen atoms in total. The van der Waals surface area contributed by atoms with Crippen LogP contribution in [0, 0.1) is 0 Å². The smallest absolute Gasteiger partial charge is 0.110 e. The molecule has 1 heterocycles. The minimum Gasteiger partial charge on any atom is -0.388 e. The number of hydrogen-bond acceptors (Lipinski definition) is 4. The topological polar surface area (TPSA) is 75.7 Å². The molecule has 0 radical (unpaired) electrons. The lowest BCUT2D eigenvalue weighted by molar-refractivity contribution is 0.0223. The predicted molar refractivity (Wildman–Crippen MR) is 35.4 cm³/mol. The quantitative estimate of drug-likeness (QED) is 0.420. The summed E-state index contributed by atoms with van der Waals surface area (Å²) >= 11 is 0. The molecule has 0 aliphatic carbocycles. The first-order valence-electron chi connectivity index (χ1n) is 3.38. The summed E-state index contributed by atoms with van der Waals surface area (Å²) in [5.74, 6) is 0. The fourth-order valence-electron chi connectivity index (χ4n) is 1.13. The summed E-state index contributed by atoms with van der Waals surface area (Å²) in [6, 6.07) is 0. The molecule has 1 aliphatic rings. The van der Waals surface area contributed by atoms with E-state index in [1.54, 1.807) is 6.92 Å². The number of ether oxygens (including phenoxy) is 1. The van der Waals surface area contributed by atoms with Gasteiger partial charge >= 0.3 is 0 Å². The van der Waals surface area contributed by atoms with Crippen molar-refractivity contribution in [3.05, 3.63) is 0 Å². The average molecular weight is 147 g/mol. The van der Waals surface area contributed by atoms with E-state index >= 15 is 0 Å². The molecule has 0 saturated carbocycles. The first-order chi connectivity index (χ1) is 4.66. The van der Waals surface area contributed by atoms with Crippen LogP contribution in [0.1, 0.15) is 6.92 Å². The van der Waals surface area contributed by atoms with Gasteiger partial charge < -0.3 is 20.7 Å². The summed E-state index contributed by atoms with van der Waals surface area (Å²) in [7, 11) is 0. The molecule has 0 bridgehead atoms. The predicted octanol–water partition coefficient (Wildman–Crippen LogP) is -1.55. The van der Waals surface area contributed by atoms with E-state index in [9.17, 15) is 5.11 Å². The molecule has 1 aliphatic heterocycles. The van der Waals surface area contributed by atoms with Gasteiger partial charge in [0.15, 0.2) is 0 Å². The normalized spacial score (nSPS) is 48.0. The Balaban J connectivity index is 2.53. The first-order valence-corrected chi connectivity index (χ1v) is 3.38. The Morgan fingerprint density at radius 1 is 1.40 bits per heavy atom. The van der Waals surface area contributed by atoms with E-state index in [1.807, 2.05) is 0 Å². The fourth-order valence-corrected chi connectivity index (χ4v) is 1.13. The molecule has 1 saturated heterocycles. The largest absolute Gasteiger partial charge is 0.388 e. The van der Waals surface area contributed by atoms with Gasteiger partial charge in [0.2, 0.25) is 0 Å². The molecule has 4 N–H and O–H groups in total. The van der Waals surface area contributed by atoms with E-state index in [-0.39, 0.29) is 12.6 Å². The second-order valence-electron chi connectivity index (χ2n) is 2.60. The van der Waals surface area contributed by atoms with Gasteiger partial charge in [0.1, 0.15) is 12.2 Å². The Labute approximate surface area is 59.6 Å². The molecule has 60 valence electrons. The highest BCUT2D eigenvalue weighted by Gasteiger charge is 2.38. The van der Waals surface area contributed by atoms with Crippen LogP contribution in [-0.2, 0) is 4.74 Å². The van der Waals surface area contributed by atoms with Crippen molar-refractivity contribution in [3.8, 4) is 0 Å². The minimum atomic E-state index is -0.819. The Morgan fingerprint density at radius 2 is 2.00 bits per heavy atom. The third kappa shape index (κ3) is 1.15. The van der Waals surface area contributed by atoms with E-state index in [2.05, 4.69) is 0 Å². The highest BCUT2D eigenvalue weighted by atomic mass is 16.5. The molecule has 0 aromatic rings. The average Bonchev–Trinajstić information content (AvgIpc) is 2.17. The monoisotopic (exact) mass is 147 g/mol. The zero-order valence-corrected chi connectivity index (χ0v) is 5.90. The molecule has 1 fully saturated rings. The van der Waals surface area contributed by atoms with Crippen molar-refractivity contribution in [2.45, 2.75) is 31.3 Å². The molecular formula is C6H13NO3. The second-order valence-corrected chi connectivity index (χ2v) is 2.60. The fraction of sp³-hybridized carbons (Fsp3) is 1.00. The van der Waals surface area contributed by atoms with Crippen LogP contribution in [0.15, 0.2) is 0 Å². The van der Waals surface area contributed by atoms with Crippen molar-refractivity contribution >= 4 is 0 Å². The third-order valence-electron chi connectivity index (χ3n) is 1.83. The van der Waals surface area contributed by atoms with Gasteiger partial charge in [-0.15, -0.1) is 0 Å². The molecule has 0 aromatic carbocycles. The zero-order chi connectivity index (χ0) is 7.72. The summed E-state index contributed by atoms with van der Waals surface area (Å²) in [5.41, 5.74) is 5.25. The van der Waals surface area contributed by atoms with Crippen LogP contribution in [0.5, 0.6) is 0 Å². The molecule has 0 aromatic heterocycles. The number of nitrogens with two attached hydrogens (primary N) is 1. The van der Waals surface area contributed by atoms with Gasteiger partial charge in [-0.1, -0.05) is 0 Å². The van der Waals surface area contributed by atoms with Crippen LogP contribution < -0.4 is 5.73 Å². The summed E-state index contributed by atoms with van der Waals surface area (Å²) in [6.07, 6.45) is -2.30. The molecule has 0 amide bonds. The number of rotatable bonds is 1. The van der Waals surface area contributed by atoms with Crippen molar-refractivity contribution in [1.29, 1.82) is 0 Å². The Morgan fingerprint density at radius 3 is 2.20 bits per heavy atom. The lowest BCUT2D eigenvalue weighted by atomic mass is 10.1. The molecule has 4 atom stereocenters. The summed E-state index contributed by atoms with van der Waals surface area (Å²) in [5, 5.41) is 18.3. The summed E-state index contributed by atoms with van der Waals surface area (Å²) in [4.78, 5) is 0. The van der Waals surface area contributed by atoms with Gasteiger partial charge in [0.05, 0.1) is 12.2 Å². The maximum atomic E-state index is 9.17. The van der Waals surface area contributed by atoms with Crippen LogP contribution in [0.3, 0.4) is 0 Å². The van der Waals surface area contributed by atoms with Crippen LogP contribution in [-0.4, -0.2) is 41.2 Å².